The molecule has 0 spiro atoms. The Morgan fingerprint density at radius 3 is 1.81 bits per heavy atom. The molecule has 37 heavy (non-hydrogen) atoms. The maximum Gasteiger partial charge on any atom is 0.412 e. The van der Waals surface area contributed by atoms with Crippen molar-refractivity contribution in [2.24, 2.45) is 11.8 Å². The summed E-state index contributed by atoms with van der Waals surface area (Å²) in [6.45, 7) is 21.9. The van der Waals surface area contributed by atoms with E-state index < -0.39 is 48.2 Å². The minimum Gasteiger partial charge on any atom is -0.444 e. The first-order valence-electron chi connectivity index (χ1n) is 13.1. The molecule has 0 bridgehead atoms. The van der Waals surface area contributed by atoms with Crippen LogP contribution in [0.5, 0.6) is 0 Å². The minimum atomic E-state index is -1.22. The van der Waals surface area contributed by atoms with Crippen LogP contribution in [0.2, 0.25) is 0 Å². The molecular formula is C27H48F2N2O6. The summed E-state index contributed by atoms with van der Waals surface area (Å²) in [4.78, 5) is 24.9. The Hall–Kier alpha value is -1.94. The van der Waals surface area contributed by atoms with Gasteiger partial charge in [-0.1, -0.05) is 33.8 Å². The van der Waals surface area contributed by atoms with E-state index in [4.69, 9.17) is 18.9 Å². The van der Waals surface area contributed by atoms with Crippen molar-refractivity contribution >= 4 is 12.2 Å². The summed E-state index contributed by atoms with van der Waals surface area (Å²) < 4.78 is 49.7. The summed E-state index contributed by atoms with van der Waals surface area (Å²) in [5.74, 6) is -0.445. The Morgan fingerprint density at radius 1 is 0.919 bits per heavy atom. The Kier molecular flexibility index (Phi) is 12.3. The van der Waals surface area contributed by atoms with E-state index in [2.05, 4.69) is 11.9 Å². The van der Waals surface area contributed by atoms with Crippen molar-refractivity contribution in [1.29, 1.82) is 0 Å². The van der Waals surface area contributed by atoms with Gasteiger partial charge in [-0.25, -0.2) is 18.4 Å². The van der Waals surface area contributed by atoms with Crippen molar-refractivity contribution in [1.82, 2.24) is 10.2 Å². The maximum atomic E-state index is 14.4. The molecule has 0 unspecified atom stereocenters. The number of hydrogen-bond donors (Lipinski definition) is 1. The van der Waals surface area contributed by atoms with Crippen molar-refractivity contribution in [3.63, 3.8) is 0 Å². The first kappa shape index (κ1) is 33.1. The lowest BCUT2D eigenvalue weighted by atomic mass is 10.00. The molecule has 2 saturated heterocycles. The van der Waals surface area contributed by atoms with Gasteiger partial charge in [-0.05, 0) is 54.4 Å². The van der Waals surface area contributed by atoms with Gasteiger partial charge in [0.25, 0.3) is 0 Å². The lowest BCUT2D eigenvalue weighted by Gasteiger charge is -2.31. The summed E-state index contributed by atoms with van der Waals surface area (Å²) >= 11 is 0. The van der Waals surface area contributed by atoms with Gasteiger partial charge in [0.2, 0.25) is 0 Å². The number of alkyl carbamates (subject to hydrolysis) is 1. The number of hydrogen-bond acceptors (Lipinski definition) is 6. The molecule has 216 valence electrons. The predicted molar refractivity (Wildman–Crippen MR) is 139 cm³/mol. The molecule has 2 fully saturated rings. The van der Waals surface area contributed by atoms with Gasteiger partial charge >= 0.3 is 12.2 Å². The SMILES string of the molecule is C=CCN(C(=O)OC(C)(C)C)[C@@H]1O[C@H](CC)[C@@H](C)[C@@H]1F.CC[C@H]1O[C@@H](NC(=O)OC(C)(C)C)[C@@H](F)[C@@H]1C. The highest BCUT2D eigenvalue weighted by Gasteiger charge is 2.46. The van der Waals surface area contributed by atoms with E-state index in [-0.39, 0.29) is 30.6 Å². The average molecular weight is 535 g/mol. The zero-order valence-electron chi connectivity index (χ0n) is 24.2. The topological polar surface area (TPSA) is 86.3 Å². The fourth-order valence-corrected chi connectivity index (χ4v) is 4.17. The monoisotopic (exact) mass is 534 g/mol. The van der Waals surface area contributed by atoms with Crippen molar-refractivity contribution < 1.29 is 37.3 Å². The standard InChI is InChI=1S/C15H26FNO3.C12H22FNO3/c1-7-9-17(14(18)20-15(4,5)6)13-12(16)10(3)11(8-2)19-13;1-6-8-7(2)9(13)10(16-8)14-11(15)17-12(3,4)5/h7,10-13H,1,8-9H2,2-6H3;7-10H,6H2,1-5H3,(H,14,15)/t10-,11-,12+,13-;7-,8-,9+,10-/m11/s1. The minimum absolute atomic E-state index is 0.148. The molecule has 10 heteroatoms. The predicted octanol–water partition coefficient (Wildman–Crippen LogP) is 6.14. The van der Waals surface area contributed by atoms with E-state index in [1.807, 2.05) is 13.8 Å². The summed E-state index contributed by atoms with van der Waals surface area (Å²) in [5.41, 5.74) is -1.22. The normalized spacial score (nSPS) is 31.7. The van der Waals surface area contributed by atoms with Crippen molar-refractivity contribution in [2.45, 2.75) is 130 Å². The van der Waals surface area contributed by atoms with Crippen LogP contribution in [0.1, 0.15) is 82.1 Å². The van der Waals surface area contributed by atoms with Gasteiger partial charge in [0.1, 0.15) is 23.5 Å². The zero-order chi connectivity index (χ0) is 28.7. The molecule has 2 rings (SSSR count). The number of halogens is 2. The van der Waals surface area contributed by atoms with Crippen LogP contribution in [0, 0.1) is 11.8 Å². The third kappa shape index (κ3) is 10.0. The number of ether oxygens (including phenoxy) is 4. The Labute approximate surface area is 221 Å². The number of carbonyl (C=O) groups is 2. The molecule has 0 aromatic rings. The third-order valence-electron chi connectivity index (χ3n) is 6.10. The second kappa shape index (κ2) is 13.7. The summed E-state index contributed by atoms with van der Waals surface area (Å²) in [7, 11) is 0. The van der Waals surface area contributed by atoms with E-state index >= 15 is 0 Å². The molecule has 1 N–H and O–H groups in total. The van der Waals surface area contributed by atoms with Gasteiger partial charge in [0.05, 0.1) is 12.2 Å². The van der Waals surface area contributed by atoms with Gasteiger partial charge in [-0.15, -0.1) is 6.58 Å². The quantitative estimate of drug-likeness (QED) is 0.412. The van der Waals surface area contributed by atoms with Crippen LogP contribution in [0.15, 0.2) is 12.7 Å². The van der Waals surface area contributed by atoms with Crippen LogP contribution in [0.25, 0.3) is 0 Å². The van der Waals surface area contributed by atoms with Gasteiger partial charge in [-0.2, -0.15) is 0 Å². The molecule has 0 aliphatic carbocycles. The van der Waals surface area contributed by atoms with Crippen LogP contribution in [0.3, 0.4) is 0 Å². The Bertz CT molecular complexity index is 754. The molecule has 0 aromatic carbocycles. The molecule has 2 amide bonds. The van der Waals surface area contributed by atoms with E-state index in [1.165, 1.54) is 4.90 Å². The van der Waals surface area contributed by atoms with E-state index in [9.17, 15) is 18.4 Å². The van der Waals surface area contributed by atoms with Gasteiger partial charge in [0.15, 0.2) is 12.5 Å². The van der Waals surface area contributed by atoms with E-state index in [1.54, 1.807) is 61.5 Å². The third-order valence-corrected chi connectivity index (χ3v) is 6.10. The molecule has 8 nitrogen and oxygen atoms in total. The Balaban J connectivity index is 0.000000375. The molecule has 0 radical (unpaired) electrons. The molecule has 2 heterocycles. The second-order valence-corrected chi connectivity index (χ2v) is 11.7. The highest BCUT2D eigenvalue weighted by Crippen LogP contribution is 2.34. The number of nitrogens with one attached hydrogen (secondary N) is 1. The van der Waals surface area contributed by atoms with E-state index in [0.29, 0.717) is 6.42 Å². The van der Waals surface area contributed by atoms with Crippen LogP contribution < -0.4 is 5.32 Å². The van der Waals surface area contributed by atoms with Crippen LogP contribution >= 0.6 is 0 Å². The molecule has 8 atom stereocenters. The lowest BCUT2D eigenvalue weighted by Crippen LogP contribution is -2.47. The molecular weight excluding hydrogens is 486 g/mol. The molecule has 0 aromatic heterocycles. The fourth-order valence-electron chi connectivity index (χ4n) is 4.17. The fraction of sp³-hybridized carbons (Fsp3) is 0.852. The van der Waals surface area contributed by atoms with Gasteiger partial charge in [0, 0.05) is 18.4 Å². The zero-order valence-corrected chi connectivity index (χ0v) is 24.2. The Morgan fingerprint density at radius 2 is 1.41 bits per heavy atom. The molecule has 2 aliphatic heterocycles. The summed E-state index contributed by atoms with van der Waals surface area (Å²) in [6, 6.07) is 0. The van der Waals surface area contributed by atoms with Gasteiger partial charge < -0.3 is 18.9 Å². The van der Waals surface area contributed by atoms with Gasteiger partial charge in [-0.3, -0.25) is 10.2 Å². The van der Waals surface area contributed by atoms with Crippen LogP contribution in [-0.4, -0.2) is 71.8 Å². The highest BCUT2D eigenvalue weighted by atomic mass is 19.1. The number of nitrogens with zero attached hydrogens (tertiary/aromatic N) is 1. The first-order chi connectivity index (χ1) is 16.9. The van der Waals surface area contributed by atoms with Crippen LogP contribution in [-0.2, 0) is 18.9 Å². The van der Waals surface area contributed by atoms with Crippen molar-refractivity contribution in [3.05, 3.63) is 12.7 Å². The largest absolute Gasteiger partial charge is 0.444 e. The van der Waals surface area contributed by atoms with Crippen molar-refractivity contribution in [2.75, 3.05) is 6.54 Å². The van der Waals surface area contributed by atoms with Crippen molar-refractivity contribution in [3.8, 4) is 0 Å². The number of alkyl halides is 2. The summed E-state index contributed by atoms with van der Waals surface area (Å²) in [5, 5.41) is 2.42. The van der Waals surface area contributed by atoms with E-state index in [0.717, 1.165) is 6.42 Å². The molecule has 2 aliphatic rings. The average Bonchev–Trinajstić information content (AvgIpc) is 3.19. The summed E-state index contributed by atoms with van der Waals surface area (Å²) in [6.07, 6.45) is -2.75. The number of amides is 2. The maximum absolute atomic E-state index is 14.4. The second-order valence-electron chi connectivity index (χ2n) is 11.7. The number of carbonyl (C=O) groups excluding carboxylic acids is 2. The lowest BCUT2D eigenvalue weighted by molar-refractivity contribution is -0.0754. The number of rotatable bonds is 6. The first-order valence-corrected chi connectivity index (χ1v) is 13.1. The smallest absolute Gasteiger partial charge is 0.412 e. The highest BCUT2D eigenvalue weighted by molar-refractivity contribution is 5.69. The molecule has 0 saturated carbocycles. The van der Waals surface area contributed by atoms with Crippen LogP contribution in [0.4, 0.5) is 18.4 Å².